The Morgan fingerprint density at radius 1 is 1.19 bits per heavy atom. The van der Waals surface area contributed by atoms with E-state index in [1.54, 1.807) is 24.3 Å². The second-order valence-corrected chi connectivity index (χ2v) is 11.7. The van der Waals surface area contributed by atoms with Gasteiger partial charge in [0.1, 0.15) is 0 Å². The molecule has 0 unspecified atom stereocenters. The minimum atomic E-state index is -3.71. The zero-order valence-electron chi connectivity index (χ0n) is 17.5. The summed E-state index contributed by atoms with van der Waals surface area (Å²) in [6.45, 7) is 2.77. The van der Waals surface area contributed by atoms with Gasteiger partial charge in [0, 0.05) is 35.5 Å². The van der Waals surface area contributed by atoms with Gasteiger partial charge in [-0.15, -0.1) is 11.8 Å². The van der Waals surface area contributed by atoms with Crippen molar-refractivity contribution in [2.24, 2.45) is 5.92 Å². The molecule has 0 aliphatic carbocycles. The molecule has 0 bridgehead atoms. The Labute approximate surface area is 196 Å². The number of carbonyl (C=O) groups excluding carboxylic acids is 2. The summed E-state index contributed by atoms with van der Waals surface area (Å²) in [7, 11) is -3.71. The summed E-state index contributed by atoms with van der Waals surface area (Å²) in [5, 5.41) is 6.13. The standard InChI is InChI=1S/C22H24ClN3O4S2/c1-14-21(27)25-19-12-18(6-7-20(19)31-14)32(29,30)26-10-8-16(9-11-26)22(28)24-13-15-2-4-17(23)5-3-15/h2-7,12,14,16H,8-11,13H2,1H3,(H,24,28)(H,25,27)/t14-/m1/s1. The summed E-state index contributed by atoms with van der Waals surface area (Å²) in [5.41, 5.74) is 1.48. The van der Waals surface area contributed by atoms with Crippen LogP contribution in [0.2, 0.25) is 5.02 Å². The van der Waals surface area contributed by atoms with Crippen molar-refractivity contribution < 1.29 is 18.0 Å². The molecule has 2 aromatic rings. The Morgan fingerprint density at radius 3 is 2.56 bits per heavy atom. The molecule has 10 heteroatoms. The Morgan fingerprint density at radius 2 is 1.88 bits per heavy atom. The van der Waals surface area contributed by atoms with Gasteiger partial charge in [0.15, 0.2) is 0 Å². The van der Waals surface area contributed by atoms with Crippen LogP contribution >= 0.6 is 23.4 Å². The number of thioether (sulfide) groups is 1. The molecule has 2 N–H and O–H groups in total. The van der Waals surface area contributed by atoms with Gasteiger partial charge in [-0.3, -0.25) is 9.59 Å². The fourth-order valence-corrected chi connectivity index (χ4v) is 6.34. The van der Waals surface area contributed by atoms with Gasteiger partial charge in [-0.25, -0.2) is 8.42 Å². The van der Waals surface area contributed by atoms with Crippen LogP contribution in [0.3, 0.4) is 0 Å². The zero-order valence-corrected chi connectivity index (χ0v) is 19.9. The number of carbonyl (C=O) groups is 2. The molecule has 0 saturated carbocycles. The molecule has 7 nitrogen and oxygen atoms in total. The first-order valence-corrected chi connectivity index (χ1v) is 13.1. The van der Waals surface area contributed by atoms with Crippen LogP contribution < -0.4 is 10.6 Å². The SMILES string of the molecule is C[C@H]1Sc2ccc(S(=O)(=O)N3CCC(C(=O)NCc4ccc(Cl)cc4)CC3)cc2NC1=O. The highest BCUT2D eigenvalue weighted by atomic mass is 35.5. The lowest BCUT2D eigenvalue weighted by Crippen LogP contribution is -2.42. The molecule has 2 aliphatic rings. The third-order valence-corrected chi connectivity index (χ3v) is 9.05. The number of hydrogen-bond donors (Lipinski definition) is 2. The number of amides is 2. The topological polar surface area (TPSA) is 95.6 Å². The fraction of sp³-hybridized carbons (Fsp3) is 0.364. The van der Waals surface area contributed by atoms with Crippen molar-refractivity contribution in [3.05, 3.63) is 53.1 Å². The van der Waals surface area contributed by atoms with Crippen molar-refractivity contribution in [2.45, 2.75) is 41.4 Å². The summed E-state index contributed by atoms with van der Waals surface area (Å²) in [6.07, 6.45) is 0.918. The first kappa shape index (κ1) is 23.1. The molecule has 32 heavy (non-hydrogen) atoms. The van der Waals surface area contributed by atoms with Gasteiger partial charge in [0.25, 0.3) is 0 Å². The molecular formula is C22H24ClN3O4S2. The summed E-state index contributed by atoms with van der Waals surface area (Å²) < 4.78 is 27.7. The molecule has 1 fully saturated rings. The molecule has 1 saturated heterocycles. The van der Waals surface area contributed by atoms with Crippen molar-refractivity contribution in [2.75, 3.05) is 18.4 Å². The number of piperidine rings is 1. The molecule has 2 heterocycles. The minimum absolute atomic E-state index is 0.0698. The molecule has 0 spiro atoms. The molecule has 4 rings (SSSR count). The number of anilines is 1. The second kappa shape index (κ2) is 9.43. The molecular weight excluding hydrogens is 470 g/mol. The van der Waals surface area contributed by atoms with Gasteiger partial charge in [-0.05, 0) is 55.7 Å². The quantitative estimate of drug-likeness (QED) is 0.664. The Bertz CT molecular complexity index is 1130. The van der Waals surface area contributed by atoms with E-state index in [9.17, 15) is 18.0 Å². The van der Waals surface area contributed by atoms with Crippen LogP contribution in [0.4, 0.5) is 5.69 Å². The smallest absolute Gasteiger partial charge is 0.243 e. The molecule has 2 aromatic carbocycles. The fourth-order valence-electron chi connectivity index (χ4n) is 3.79. The lowest BCUT2D eigenvalue weighted by atomic mass is 9.97. The maximum Gasteiger partial charge on any atom is 0.243 e. The third kappa shape index (κ3) is 4.96. The molecule has 2 amide bonds. The summed E-state index contributed by atoms with van der Waals surface area (Å²) >= 11 is 7.29. The highest BCUT2D eigenvalue weighted by Crippen LogP contribution is 2.37. The maximum absolute atomic E-state index is 13.1. The van der Waals surface area contributed by atoms with Crippen LogP contribution in [-0.2, 0) is 26.2 Å². The van der Waals surface area contributed by atoms with Crippen LogP contribution in [0, 0.1) is 5.92 Å². The van der Waals surface area contributed by atoms with E-state index in [1.807, 2.05) is 19.1 Å². The van der Waals surface area contributed by atoms with E-state index < -0.39 is 10.0 Å². The molecule has 1 atom stereocenters. The third-order valence-electron chi connectivity index (χ3n) is 5.72. The van der Waals surface area contributed by atoms with Crippen molar-refractivity contribution in [1.82, 2.24) is 9.62 Å². The first-order chi connectivity index (χ1) is 15.2. The van der Waals surface area contributed by atoms with Crippen LogP contribution in [0.5, 0.6) is 0 Å². The Kier molecular flexibility index (Phi) is 6.80. The number of benzene rings is 2. The van der Waals surface area contributed by atoms with Gasteiger partial charge >= 0.3 is 0 Å². The van der Waals surface area contributed by atoms with E-state index >= 15 is 0 Å². The van der Waals surface area contributed by atoms with Gasteiger partial charge in [-0.1, -0.05) is 23.7 Å². The maximum atomic E-state index is 13.1. The Hall–Kier alpha value is -2.07. The van der Waals surface area contributed by atoms with Crippen LogP contribution in [0.15, 0.2) is 52.3 Å². The monoisotopic (exact) mass is 493 g/mol. The van der Waals surface area contributed by atoms with Crippen molar-refractivity contribution >= 4 is 50.9 Å². The van der Waals surface area contributed by atoms with Gasteiger partial charge in [0.05, 0.1) is 15.8 Å². The van der Waals surface area contributed by atoms with Crippen LogP contribution in [-0.4, -0.2) is 42.9 Å². The van der Waals surface area contributed by atoms with Gasteiger partial charge in [0.2, 0.25) is 21.8 Å². The minimum Gasteiger partial charge on any atom is -0.352 e. The second-order valence-electron chi connectivity index (χ2n) is 7.93. The van der Waals surface area contributed by atoms with Crippen molar-refractivity contribution in [3.8, 4) is 0 Å². The average molecular weight is 494 g/mol. The summed E-state index contributed by atoms with van der Waals surface area (Å²) in [5.74, 6) is -0.434. The van der Waals surface area contributed by atoms with Gasteiger partial charge < -0.3 is 10.6 Å². The Balaban J connectivity index is 1.36. The average Bonchev–Trinajstić information content (AvgIpc) is 2.79. The van der Waals surface area contributed by atoms with E-state index in [0.717, 1.165) is 10.5 Å². The first-order valence-electron chi connectivity index (χ1n) is 10.4. The number of nitrogens with one attached hydrogen (secondary N) is 2. The number of nitrogens with zero attached hydrogens (tertiary/aromatic N) is 1. The van der Waals surface area contributed by atoms with E-state index in [0.29, 0.717) is 30.1 Å². The number of fused-ring (bicyclic) bond motifs is 1. The number of hydrogen-bond acceptors (Lipinski definition) is 5. The van der Waals surface area contributed by atoms with E-state index in [4.69, 9.17) is 11.6 Å². The van der Waals surface area contributed by atoms with Gasteiger partial charge in [-0.2, -0.15) is 4.31 Å². The molecule has 2 aliphatic heterocycles. The lowest BCUT2D eigenvalue weighted by Gasteiger charge is -2.31. The summed E-state index contributed by atoms with van der Waals surface area (Å²) in [6, 6.07) is 12.1. The highest BCUT2D eigenvalue weighted by Gasteiger charge is 2.33. The predicted octanol–water partition coefficient (Wildman–Crippen LogP) is 3.49. The van der Waals surface area contributed by atoms with Crippen LogP contribution in [0.1, 0.15) is 25.3 Å². The largest absolute Gasteiger partial charge is 0.352 e. The van der Waals surface area contributed by atoms with Crippen molar-refractivity contribution in [3.63, 3.8) is 0 Å². The number of sulfonamides is 1. The summed E-state index contributed by atoms with van der Waals surface area (Å²) in [4.78, 5) is 25.5. The predicted molar refractivity (Wildman–Crippen MR) is 125 cm³/mol. The normalized spacial score (nSPS) is 19.8. The molecule has 0 radical (unpaired) electrons. The molecule has 170 valence electrons. The zero-order chi connectivity index (χ0) is 22.9. The lowest BCUT2D eigenvalue weighted by molar-refractivity contribution is -0.126. The molecule has 0 aromatic heterocycles. The van der Waals surface area contributed by atoms with E-state index in [1.165, 1.54) is 22.1 Å². The highest BCUT2D eigenvalue weighted by molar-refractivity contribution is 8.01. The van der Waals surface area contributed by atoms with E-state index in [-0.39, 0.29) is 41.0 Å². The number of rotatable bonds is 5. The van der Waals surface area contributed by atoms with Crippen molar-refractivity contribution in [1.29, 1.82) is 0 Å². The van der Waals surface area contributed by atoms with Crippen LogP contribution in [0.25, 0.3) is 0 Å². The van der Waals surface area contributed by atoms with E-state index in [2.05, 4.69) is 10.6 Å². The number of halogens is 1.